The molecule has 0 N–H and O–H groups in total. The van der Waals surface area contributed by atoms with Crippen molar-refractivity contribution in [3.05, 3.63) is 0 Å². The van der Waals surface area contributed by atoms with Crippen LogP contribution in [0.5, 0.6) is 0 Å². The van der Waals surface area contributed by atoms with Crippen LogP contribution in [-0.4, -0.2) is 24.5 Å². The topological polar surface area (TPSA) is 3.24 Å². The van der Waals surface area contributed by atoms with E-state index in [0.717, 1.165) is 11.8 Å². The van der Waals surface area contributed by atoms with Crippen LogP contribution in [-0.2, 0) is 0 Å². The lowest BCUT2D eigenvalue weighted by Crippen LogP contribution is -2.33. The van der Waals surface area contributed by atoms with Gasteiger partial charge in [0, 0.05) is 0 Å². The lowest BCUT2D eigenvalue weighted by Gasteiger charge is -2.30. The van der Waals surface area contributed by atoms with E-state index >= 15 is 0 Å². The number of unbranched alkanes of at least 4 members (excludes halogenated alkanes) is 6. The van der Waals surface area contributed by atoms with E-state index in [1.165, 1.54) is 96.7 Å². The number of likely N-dealkylation sites (tertiary alicyclic amines) is 1. The minimum Gasteiger partial charge on any atom is -0.303 e. The van der Waals surface area contributed by atoms with Crippen LogP contribution in [0.2, 0.25) is 0 Å². The molecule has 1 saturated heterocycles. The van der Waals surface area contributed by atoms with Gasteiger partial charge in [0.15, 0.2) is 0 Å². The molecule has 0 bridgehead atoms. The zero-order valence-corrected chi connectivity index (χ0v) is 15.2. The molecule has 1 heteroatoms. The van der Waals surface area contributed by atoms with Gasteiger partial charge in [-0.05, 0) is 50.7 Å². The van der Waals surface area contributed by atoms with E-state index in [2.05, 4.69) is 25.7 Å². The fourth-order valence-corrected chi connectivity index (χ4v) is 3.63. The number of nitrogens with zero attached hydrogens (tertiary/aromatic N) is 1. The Bertz CT molecular complexity index is 218. The highest BCUT2D eigenvalue weighted by molar-refractivity contribution is 4.69. The summed E-state index contributed by atoms with van der Waals surface area (Å²) in [7, 11) is 0. The zero-order valence-electron chi connectivity index (χ0n) is 15.2. The van der Waals surface area contributed by atoms with Gasteiger partial charge in [-0.15, -0.1) is 0 Å². The molecule has 0 amide bonds. The van der Waals surface area contributed by atoms with Crippen LogP contribution in [0.25, 0.3) is 0 Å². The van der Waals surface area contributed by atoms with Gasteiger partial charge in [0.1, 0.15) is 0 Å². The van der Waals surface area contributed by atoms with Crippen molar-refractivity contribution in [2.45, 2.75) is 97.8 Å². The molecular formula is C20H41N. The molecule has 0 aromatic rings. The second-order valence-corrected chi connectivity index (χ2v) is 7.68. The van der Waals surface area contributed by atoms with Crippen LogP contribution in [0.3, 0.4) is 0 Å². The molecule has 1 atom stereocenters. The summed E-state index contributed by atoms with van der Waals surface area (Å²) < 4.78 is 0. The molecule has 126 valence electrons. The molecule has 0 saturated carbocycles. The first-order valence-corrected chi connectivity index (χ1v) is 9.94. The van der Waals surface area contributed by atoms with E-state index in [9.17, 15) is 0 Å². The largest absolute Gasteiger partial charge is 0.303 e. The molecular weight excluding hydrogens is 254 g/mol. The summed E-state index contributed by atoms with van der Waals surface area (Å²) in [5.41, 5.74) is 0. The number of hydrogen-bond acceptors (Lipinski definition) is 1. The Morgan fingerprint density at radius 2 is 1.43 bits per heavy atom. The Labute approximate surface area is 134 Å². The van der Waals surface area contributed by atoms with Gasteiger partial charge in [-0.1, -0.05) is 78.6 Å². The third-order valence-electron chi connectivity index (χ3n) is 5.33. The normalized spacial score (nSPS) is 19.0. The standard InChI is InChI=1S/C20H41N/c1-4-12-19(2)13-10-8-6-5-7-9-11-16-21-17-14-20(3)15-18-21/h19-20H,4-18H2,1-3H3. The zero-order chi connectivity index (χ0) is 15.3. The van der Waals surface area contributed by atoms with Crippen LogP contribution in [0, 0.1) is 11.8 Å². The fraction of sp³-hybridized carbons (Fsp3) is 1.00. The SMILES string of the molecule is CCCC(C)CCCCCCCCCN1CCC(C)CC1. The third kappa shape index (κ3) is 10.3. The van der Waals surface area contributed by atoms with Crippen molar-refractivity contribution in [2.24, 2.45) is 11.8 Å². The predicted molar refractivity (Wildman–Crippen MR) is 95.8 cm³/mol. The van der Waals surface area contributed by atoms with Gasteiger partial charge in [0.25, 0.3) is 0 Å². The Hall–Kier alpha value is -0.0400. The predicted octanol–water partition coefficient (Wildman–Crippen LogP) is 6.28. The van der Waals surface area contributed by atoms with Crippen molar-refractivity contribution >= 4 is 0 Å². The van der Waals surface area contributed by atoms with Crippen LogP contribution >= 0.6 is 0 Å². The maximum atomic E-state index is 2.69. The molecule has 1 heterocycles. The van der Waals surface area contributed by atoms with E-state index in [1.807, 2.05) is 0 Å². The quantitative estimate of drug-likeness (QED) is 0.383. The van der Waals surface area contributed by atoms with Crippen molar-refractivity contribution in [1.29, 1.82) is 0 Å². The minimum atomic E-state index is 0.960. The molecule has 1 rings (SSSR count). The van der Waals surface area contributed by atoms with E-state index in [4.69, 9.17) is 0 Å². The number of rotatable bonds is 12. The number of piperidine rings is 1. The average molecular weight is 296 g/mol. The second kappa shape index (κ2) is 12.5. The molecule has 1 nitrogen and oxygen atoms in total. The third-order valence-corrected chi connectivity index (χ3v) is 5.33. The Morgan fingerprint density at radius 3 is 2.05 bits per heavy atom. The van der Waals surface area contributed by atoms with Crippen molar-refractivity contribution in [2.75, 3.05) is 19.6 Å². The fourth-order valence-electron chi connectivity index (χ4n) is 3.63. The van der Waals surface area contributed by atoms with Gasteiger partial charge in [-0.25, -0.2) is 0 Å². The maximum absolute atomic E-state index is 2.69. The summed E-state index contributed by atoms with van der Waals surface area (Å²) in [6.45, 7) is 11.2. The molecule has 0 aromatic heterocycles. The van der Waals surface area contributed by atoms with E-state index in [1.54, 1.807) is 0 Å². The first-order chi connectivity index (χ1) is 10.2. The van der Waals surface area contributed by atoms with Crippen LogP contribution < -0.4 is 0 Å². The van der Waals surface area contributed by atoms with Gasteiger partial charge in [-0.3, -0.25) is 0 Å². The summed E-state index contributed by atoms with van der Waals surface area (Å²) in [6.07, 6.45) is 17.3. The first kappa shape index (κ1) is 19.0. The van der Waals surface area contributed by atoms with Gasteiger partial charge in [0.2, 0.25) is 0 Å². The Balaban J connectivity index is 1.78. The van der Waals surface area contributed by atoms with Crippen LogP contribution in [0.1, 0.15) is 97.8 Å². The van der Waals surface area contributed by atoms with Gasteiger partial charge in [-0.2, -0.15) is 0 Å². The molecule has 0 spiro atoms. The van der Waals surface area contributed by atoms with E-state index in [-0.39, 0.29) is 0 Å². The van der Waals surface area contributed by atoms with Gasteiger partial charge in [0.05, 0.1) is 0 Å². The molecule has 21 heavy (non-hydrogen) atoms. The molecule has 1 unspecified atom stereocenters. The van der Waals surface area contributed by atoms with E-state index < -0.39 is 0 Å². The Kier molecular flexibility index (Phi) is 11.3. The Morgan fingerprint density at radius 1 is 0.857 bits per heavy atom. The summed E-state index contributed by atoms with van der Waals surface area (Å²) >= 11 is 0. The monoisotopic (exact) mass is 295 g/mol. The lowest BCUT2D eigenvalue weighted by molar-refractivity contribution is 0.189. The summed E-state index contributed by atoms with van der Waals surface area (Å²) in [5.74, 6) is 1.93. The molecule has 1 aliphatic heterocycles. The summed E-state index contributed by atoms with van der Waals surface area (Å²) in [5, 5.41) is 0. The summed E-state index contributed by atoms with van der Waals surface area (Å²) in [4.78, 5) is 2.69. The van der Waals surface area contributed by atoms with Gasteiger partial charge >= 0.3 is 0 Å². The minimum absolute atomic E-state index is 0.960. The molecule has 0 radical (unpaired) electrons. The van der Waals surface area contributed by atoms with Crippen molar-refractivity contribution < 1.29 is 0 Å². The van der Waals surface area contributed by atoms with Gasteiger partial charge < -0.3 is 4.90 Å². The van der Waals surface area contributed by atoms with Crippen molar-refractivity contribution in [3.63, 3.8) is 0 Å². The number of hydrogen-bond donors (Lipinski definition) is 0. The molecule has 1 fully saturated rings. The molecule has 0 aliphatic carbocycles. The van der Waals surface area contributed by atoms with Crippen molar-refractivity contribution in [3.8, 4) is 0 Å². The highest BCUT2D eigenvalue weighted by atomic mass is 15.1. The van der Waals surface area contributed by atoms with Crippen molar-refractivity contribution in [1.82, 2.24) is 4.90 Å². The highest BCUT2D eigenvalue weighted by Gasteiger charge is 2.14. The molecule has 1 aliphatic rings. The first-order valence-electron chi connectivity index (χ1n) is 9.94. The smallest absolute Gasteiger partial charge is 0.00162 e. The summed E-state index contributed by atoms with van der Waals surface area (Å²) in [6, 6.07) is 0. The van der Waals surface area contributed by atoms with Crippen LogP contribution in [0.15, 0.2) is 0 Å². The average Bonchev–Trinajstić information content (AvgIpc) is 2.47. The second-order valence-electron chi connectivity index (χ2n) is 7.68. The highest BCUT2D eigenvalue weighted by Crippen LogP contribution is 2.18. The molecule has 0 aromatic carbocycles. The van der Waals surface area contributed by atoms with E-state index in [0.29, 0.717) is 0 Å². The lowest BCUT2D eigenvalue weighted by atomic mass is 9.98. The van der Waals surface area contributed by atoms with Crippen LogP contribution in [0.4, 0.5) is 0 Å². The maximum Gasteiger partial charge on any atom is -0.00162 e.